The fraction of sp³-hybridized carbons (Fsp3) is 0.357. The van der Waals surface area contributed by atoms with Crippen molar-refractivity contribution >= 4 is 22.1 Å². The fourth-order valence-electron chi connectivity index (χ4n) is 2.32. The molecule has 20 heavy (non-hydrogen) atoms. The lowest BCUT2D eigenvalue weighted by molar-refractivity contribution is -0.383. The van der Waals surface area contributed by atoms with E-state index in [4.69, 9.17) is 0 Å². The third-order valence-corrected chi connectivity index (χ3v) is 3.00. The zero-order valence-corrected chi connectivity index (χ0v) is 11.7. The highest BCUT2D eigenvalue weighted by Crippen LogP contribution is 2.32. The van der Waals surface area contributed by atoms with Crippen molar-refractivity contribution in [2.24, 2.45) is 0 Å². The van der Waals surface area contributed by atoms with Crippen molar-refractivity contribution in [3.05, 3.63) is 40.7 Å². The van der Waals surface area contributed by atoms with Crippen LogP contribution in [0.3, 0.4) is 0 Å². The molecule has 0 amide bonds. The summed E-state index contributed by atoms with van der Waals surface area (Å²) < 4.78 is 0. The molecule has 0 atom stereocenters. The summed E-state index contributed by atoms with van der Waals surface area (Å²) in [4.78, 5) is 16.6. The summed E-state index contributed by atoms with van der Waals surface area (Å²) in [5.41, 5.74) is 0.00838. The molecule has 2 aromatic rings. The number of pyridine rings is 1. The number of nitrogens with zero attached hydrogens (tertiary/aromatic N) is 3. The summed E-state index contributed by atoms with van der Waals surface area (Å²) in [6.07, 6.45) is 3.15. The molecule has 0 aliphatic carbocycles. The number of aliphatic hydroxyl groups is 1. The minimum absolute atomic E-state index is 0.0582. The monoisotopic (exact) mass is 275 g/mol. The molecule has 1 aromatic carbocycles. The largest absolute Gasteiger partial charge is 0.389 e. The molecule has 0 bridgehead atoms. The molecule has 0 aliphatic heterocycles. The van der Waals surface area contributed by atoms with Crippen LogP contribution in [0, 0.1) is 10.1 Å². The van der Waals surface area contributed by atoms with Crippen LogP contribution < -0.4 is 4.90 Å². The Labute approximate surface area is 116 Å². The Morgan fingerprint density at radius 2 is 2.05 bits per heavy atom. The summed E-state index contributed by atoms with van der Waals surface area (Å²) in [6.45, 7) is 3.85. The lowest BCUT2D eigenvalue weighted by Gasteiger charge is -2.28. The maximum absolute atomic E-state index is 11.1. The van der Waals surface area contributed by atoms with Crippen molar-refractivity contribution in [2.75, 3.05) is 18.5 Å². The number of aromatic nitrogens is 1. The maximum Gasteiger partial charge on any atom is 0.277 e. The van der Waals surface area contributed by atoms with E-state index in [1.165, 1.54) is 12.3 Å². The van der Waals surface area contributed by atoms with Gasteiger partial charge in [-0.25, -0.2) is 0 Å². The first-order valence-corrected chi connectivity index (χ1v) is 6.24. The van der Waals surface area contributed by atoms with Crippen molar-refractivity contribution in [1.29, 1.82) is 0 Å². The highest BCUT2D eigenvalue weighted by Gasteiger charge is 2.20. The number of rotatable bonds is 4. The third kappa shape index (κ3) is 2.85. The molecule has 0 fully saturated rings. The van der Waals surface area contributed by atoms with E-state index in [-0.39, 0.29) is 5.69 Å². The van der Waals surface area contributed by atoms with Gasteiger partial charge < -0.3 is 10.0 Å². The minimum atomic E-state index is -0.856. The lowest BCUT2D eigenvalue weighted by Crippen LogP contribution is -2.36. The molecule has 2 rings (SSSR count). The van der Waals surface area contributed by atoms with Gasteiger partial charge in [0.1, 0.15) is 0 Å². The van der Waals surface area contributed by atoms with Crippen LogP contribution in [0.4, 0.5) is 11.4 Å². The van der Waals surface area contributed by atoms with Crippen LogP contribution in [-0.2, 0) is 0 Å². The first-order chi connectivity index (χ1) is 9.29. The van der Waals surface area contributed by atoms with Gasteiger partial charge in [0, 0.05) is 43.1 Å². The van der Waals surface area contributed by atoms with Gasteiger partial charge >= 0.3 is 0 Å². The Bertz CT molecular complexity index is 650. The second kappa shape index (κ2) is 5.05. The number of benzene rings is 1. The van der Waals surface area contributed by atoms with Gasteiger partial charge in [-0.2, -0.15) is 0 Å². The van der Waals surface area contributed by atoms with Gasteiger partial charge in [-0.05, 0) is 26.0 Å². The van der Waals surface area contributed by atoms with Crippen LogP contribution in [0.15, 0.2) is 30.6 Å². The first kappa shape index (κ1) is 14.2. The summed E-state index contributed by atoms with van der Waals surface area (Å²) in [5, 5.41) is 22.2. The number of anilines is 1. The Hall–Kier alpha value is -2.21. The number of hydrogen-bond donors (Lipinski definition) is 1. The van der Waals surface area contributed by atoms with E-state index < -0.39 is 10.5 Å². The Balaban J connectivity index is 2.56. The van der Waals surface area contributed by atoms with Crippen molar-refractivity contribution in [1.82, 2.24) is 4.98 Å². The predicted molar refractivity (Wildman–Crippen MR) is 78.0 cm³/mol. The van der Waals surface area contributed by atoms with E-state index >= 15 is 0 Å². The normalized spacial score (nSPS) is 11.6. The van der Waals surface area contributed by atoms with Gasteiger partial charge in [0.15, 0.2) is 0 Å². The third-order valence-electron chi connectivity index (χ3n) is 3.00. The highest BCUT2D eigenvalue weighted by atomic mass is 16.6. The zero-order chi connectivity index (χ0) is 14.9. The van der Waals surface area contributed by atoms with Crippen molar-refractivity contribution in [3.63, 3.8) is 0 Å². The molecule has 1 aromatic heterocycles. The number of nitro benzene ring substituents is 1. The van der Waals surface area contributed by atoms with Gasteiger partial charge in [0.05, 0.1) is 15.9 Å². The Morgan fingerprint density at radius 3 is 2.65 bits per heavy atom. The zero-order valence-electron chi connectivity index (χ0n) is 11.7. The van der Waals surface area contributed by atoms with E-state index in [0.29, 0.717) is 17.3 Å². The number of likely N-dealkylation sites (N-methyl/N-ethyl adjacent to an activating group) is 1. The summed E-state index contributed by atoms with van der Waals surface area (Å²) in [7, 11) is 1.84. The van der Waals surface area contributed by atoms with Gasteiger partial charge in [0.25, 0.3) is 5.69 Å². The highest BCUT2D eigenvalue weighted by molar-refractivity contribution is 5.99. The van der Waals surface area contributed by atoms with Crippen LogP contribution in [0.1, 0.15) is 13.8 Å². The topological polar surface area (TPSA) is 79.5 Å². The molecule has 1 heterocycles. The predicted octanol–water partition coefficient (Wildman–Crippen LogP) is 2.35. The number of hydrogen-bond acceptors (Lipinski definition) is 5. The average Bonchev–Trinajstić information content (AvgIpc) is 2.35. The quantitative estimate of drug-likeness (QED) is 0.684. The average molecular weight is 275 g/mol. The van der Waals surface area contributed by atoms with E-state index in [9.17, 15) is 15.2 Å². The van der Waals surface area contributed by atoms with Gasteiger partial charge in [0.2, 0.25) is 0 Å². The summed E-state index contributed by atoms with van der Waals surface area (Å²) >= 11 is 0. The van der Waals surface area contributed by atoms with Crippen molar-refractivity contribution in [2.45, 2.75) is 19.4 Å². The van der Waals surface area contributed by atoms with Gasteiger partial charge in [-0.3, -0.25) is 15.1 Å². The van der Waals surface area contributed by atoms with Crippen LogP contribution in [0.25, 0.3) is 10.8 Å². The molecule has 0 radical (unpaired) electrons. The minimum Gasteiger partial charge on any atom is -0.389 e. The molecular weight excluding hydrogens is 258 g/mol. The van der Waals surface area contributed by atoms with E-state index in [1.807, 2.05) is 11.9 Å². The SMILES string of the molecule is CN(CC(C)(C)O)c1ccc([N+](=O)[O-])c2ccncc12. The van der Waals surface area contributed by atoms with Crippen LogP contribution >= 0.6 is 0 Å². The number of non-ortho nitro benzene ring substituents is 1. The summed E-state index contributed by atoms with van der Waals surface area (Å²) in [6, 6.07) is 4.81. The fourth-order valence-corrected chi connectivity index (χ4v) is 2.32. The summed E-state index contributed by atoms with van der Waals surface area (Å²) in [5.74, 6) is 0. The number of nitro groups is 1. The van der Waals surface area contributed by atoms with Gasteiger partial charge in [-0.15, -0.1) is 0 Å². The molecule has 0 aliphatic rings. The molecule has 106 valence electrons. The molecular formula is C14H17N3O3. The van der Waals surface area contributed by atoms with Gasteiger partial charge in [-0.1, -0.05) is 0 Å². The van der Waals surface area contributed by atoms with E-state index in [1.54, 1.807) is 32.2 Å². The van der Waals surface area contributed by atoms with Crippen molar-refractivity contribution < 1.29 is 10.0 Å². The molecule has 0 spiro atoms. The number of fused-ring (bicyclic) bond motifs is 1. The first-order valence-electron chi connectivity index (χ1n) is 6.24. The lowest BCUT2D eigenvalue weighted by atomic mass is 10.1. The molecule has 0 saturated heterocycles. The van der Waals surface area contributed by atoms with E-state index in [0.717, 1.165) is 5.69 Å². The smallest absolute Gasteiger partial charge is 0.277 e. The molecule has 6 heteroatoms. The second-order valence-corrected chi connectivity index (χ2v) is 5.45. The Kier molecular flexibility index (Phi) is 3.59. The maximum atomic E-state index is 11.1. The van der Waals surface area contributed by atoms with Crippen LogP contribution in [-0.4, -0.2) is 34.2 Å². The molecule has 0 unspecified atom stereocenters. The molecule has 0 saturated carbocycles. The van der Waals surface area contributed by atoms with Crippen LogP contribution in [0.5, 0.6) is 0 Å². The standard InChI is InChI=1S/C14H17N3O3/c1-14(2,18)9-16(3)12-4-5-13(17(19)20)10-6-7-15-8-11(10)12/h4-8,18H,9H2,1-3H3. The molecule has 6 nitrogen and oxygen atoms in total. The second-order valence-electron chi connectivity index (χ2n) is 5.45. The van der Waals surface area contributed by atoms with Crippen molar-refractivity contribution in [3.8, 4) is 0 Å². The van der Waals surface area contributed by atoms with E-state index in [2.05, 4.69) is 4.98 Å². The Morgan fingerprint density at radius 1 is 1.35 bits per heavy atom. The van der Waals surface area contributed by atoms with Crippen LogP contribution in [0.2, 0.25) is 0 Å². The molecule has 1 N–H and O–H groups in total.